The second kappa shape index (κ2) is 3.34. The van der Waals surface area contributed by atoms with E-state index < -0.39 is 0 Å². The molecule has 1 nitrogen and oxygen atoms in total. The van der Waals surface area contributed by atoms with Crippen molar-refractivity contribution in [2.45, 2.75) is 32.1 Å². The molecule has 0 bridgehead atoms. The highest BCUT2D eigenvalue weighted by Crippen LogP contribution is 2.58. The third-order valence-corrected chi connectivity index (χ3v) is 4.45. The number of benzene rings is 1. The van der Waals surface area contributed by atoms with E-state index in [1.165, 1.54) is 32.1 Å². The number of fused-ring (bicyclic) bond motifs is 1. The molecule has 0 saturated heterocycles. The lowest BCUT2D eigenvalue weighted by atomic mass is 9.84. The molecule has 1 heteroatoms. The Kier molecular flexibility index (Phi) is 2.10. The smallest absolute Gasteiger partial charge is 0.00719 e. The summed E-state index contributed by atoms with van der Waals surface area (Å²) in [6.45, 7) is 0.868. The van der Waals surface area contributed by atoms with Crippen LogP contribution < -0.4 is 5.73 Å². The van der Waals surface area contributed by atoms with Crippen molar-refractivity contribution in [2.75, 3.05) is 6.54 Å². The molecule has 2 aliphatic rings. The van der Waals surface area contributed by atoms with Crippen molar-refractivity contribution in [1.29, 1.82) is 0 Å². The molecule has 15 heavy (non-hydrogen) atoms. The van der Waals surface area contributed by atoms with Gasteiger partial charge in [0.05, 0.1) is 0 Å². The maximum Gasteiger partial charge on any atom is -0.00719 e. The second-order valence-electron chi connectivity index (χ2n) is 5.27. The Morgan fingerprint density at radius 3 is 2.20 bits per heavy atom. The van der Waals surface area contributed by atoms with Crippen LogP contribution in [0.25, 0.3) is 0 Å². The zero-order valence-electron chi connectivity index (χ0n) is 9.21. The maximum absolute atomic E-state index is 5.73. The fraction of sp³-hybridized carbons (Fsp3) is 0.571. The first-order valence-corrected chi connectivity index (χ1v) is 6.11. The van der Waals surface area contributed by atoms with Gasteiger partial charge in [-0.1, -0.05) is 24.3 Å². The topological polar surface area (TPSA) is 26.0 Å². The molecule has 0 aliphatic heterocycles. The minimum atomic E-state index is 0.633. The minimum absolute atomic E-state index is 0.633. The Morgan fingerprint density at radius 1 is 1.13 bits per heavy atom. The van der Waals surface area contributed by atoms with Gasteiger partial charge in [0.15, 0.2) is 0 Å². The first kappa shape index (κ1) is 9.41. The number of hydrogen-bond acceptors (Lipinski definition) is 1. The van der Waals surface area contributed by atoms with E-state index in [9.17, 15) is 0 Å². The Hall–Kier alpha value is -0.820. The van der Waals surface area contributed by atoms with Gasteiger partial charge in [-0.15, -0.1) is 0 Å². The molecule has 0 aromatic heterocycles. The van der Waals surface area contributed by atoms with Gasteiger partial charge < -0.3 is 5.73 Å². The first-order chi connectivity index (χ1) is 7.34. The number of hydrogen-bond donors (Lipinski definition) is 1. The number of nitrogens with two attached hydrogens (primary N) is 1. The van der Waals surface area contributed by atoms with E-state index in [0.717, 1.165) is 12.5 Å². The van der Waals surface area contributed by atoms with Crippen LogP contribution in [-0.4, -0.2) is 6.54 Å². The second-order valence-corrected chi connectivity index (χ2v) is 5.27. The standard InChI is InChI=1S/C14H19N/c15-8-7-14(5-6-14)13-9-11-3-1-2-4-12(11)10-13/h1-4,13H,5-10,15H2. The molecular formula is C14H19N. The van der Waals surface area contributed by atoms with Gasteiger partial charge in [0.1, 0.15) is 0 Å². The summed E-state index contributed by atoms with van der Waals surface area (Å²) in [5, 5.41) is 0. The van der Waals surface area contributed by atoms with Crippen molar-refractivity contribution >= 4 is 0 Å². The molecule has 1 fully saturated rings. The largest absolute Gasteiger partial charge is 0.330 e. The van der Waals surface area contributed by atoms with E-state index in [1.807, 2.05) is 0 Å². The summed E-state index contributed by atoms with van der Waals surface area (Å²) in [5.74, 6) is 0.887. The molecule has 0 unspecified atom stereocenters. The summed E-state index contributed by atoms with van der Waals surface area (Å²) in [6, 6.07) is 8.94. The van der Waals surface area contributed by atoms with Crippen molar-refractivity contribution < 1.29 is 0 Å². The van der Waals surface area contributed by atoms with Gasteiger partial charge in [-0.25, -0.2) is 0 Å². The summed E-state index contributed by atoms with van der Waals surface area (Å²) >= 11 is 0. The summed E-state index contributed by atoms with van der Waals surface area (Å²) in [7, 11) is 0. The van der Waals surface area contributed by atoms with Crippen LogP contribution in [0.3, 0.4) is 0 Å². The summed E-state index contributed by atoms with van der Waals surface area (Å²) in [5.41, 5.74) is 9.54. The van der Waals surface area contributed by atoms with Crippen molar-refractivity contribution in [3.8, 4) is 0 Å². The minimum Gasteiger partial charge on any atom is -0.330 e. The Bertz CT molecular complexity index is 340. The van der Waals surface area contributed by atoms with Crippen LogP contribution in [0.5, 0.6) is 0 Å². The molecule has 1 aromatic carbocycles. The zero-order chi connectivity index (χ0) is 10.3. The average molecular weight is 201 g/mol. The third kappa shape index (κ3) is 1.50. The molecule has 0 radical (unpaired) electrons. The molecule has 2 N–H and O–H groups in total. The van der Waals surface area contributed by atoms with Gasteiger partial charge in [-0.05, 0) is 61.1 Å². The van der Waals surface area contributed by atoms with Gasteiger partial charge in [-0.2, -0.15) is 0 Å². The predicted molar refractivity (Wildman–Crippen MR) is 62.7 cm³/mol. The lowest BCUT2D eigenvalue weighted by Crippen LogP contribution is -2.20. The molecule has 2 aliphatic carbocycles. The Morgan fingerprint density at radius 2 is 1.73 bits per heavy atom. The van der Waals surface area contributed by atoms with Crippen LogP contribution in [0, 0.1) is 11.3 Å². The molecule has 1 saturated carbocycles. The van der Waals surface area contributed by atoms with Crippen LogP contribution >= 0.6 is 0 Å². The van der Waals surface area contributed by atoms with Crippen molar-refractivity contribution in [3.63, 3.8) is 0 Å². The van der Waals surface area contributed by atoms with Crippen LogP contribution in [0.4, 0.5) is 0 Å². The SMILES string of the molecule is NCCC1(C2Cc3ccccc3C2)CC1. The highest BCUT2D eigenvalue weighted by Gasteiger charge is 2.49. The quantitative estimate of drug-likeness (QED) is 0.799. The fourth-order valence-corrected chi connectivity index (χ4v) is 3.30. The summed E-state index contributed by atoms with van der Waals surface area (Å²) < 4.78 is 0. The summed E-state index contributed by atoms with van der Waals surface area (Å²) in [6.07, 6.45) is 6.68. The van der Waals surface area contributed by atoms with Crippen LogP contribution in [0.1, 0.15) is 30.4 Å². The Labute approximate surface area is 91.7 Å². The molecule has 0 amide bonds. The van der Waals surface area contributed by atoms with Crippen molar-refractivity contribution in [3.05, 3.63) is 35.4 Å². The highest BCUT2D eigenvalue weighted by molar-refractivity contribution is 5.33. The van der Waals surface area contributed by atoms with Gasteiger partial charge in [0.2, 0.25) is 0 Å². The van der Waals surface area contributed by atoms with Gasteiger partial charge in [0, 0.05) is 0 Å². The molecule has 3 rings (SSSR count). The normalized spacial score (nSPS) is 22.7. The highest BCUT2D eigenvalue weighted by atomic mass is 14.6. The van der Waals surface area contributed by atoms with E-state index in [2.05, 4.69) is 24.3 Å². The molecule has 0 heterocycles. The first-order valence-electron chi connectivity index (χ1n) is 6.11. The maximum atomic E-state index is 5.73. The summed E-state index contributed by atoms with van der Waals surface area (Å²) in [4.78, 5) is 0. The van der Waals surface area contributed by atoms with E-state index in [1.54, 1.807) is 11.1 Å². The van der Waals surface area contributed by atoms with Crippen molar-refractivity contribution in [1.82, 2.24) is 0 Å². The lowest BCUT2D eigenvalue weighted by molar-refractivity contribution is 0.302. The Balaban J connectivity index is 1.79. The molecule has 1 aromatic rings. The van der Waals surface area contributed by atoms with Crippen LogP contribution in [0.2, 0.25) is 0 Å². The predicted octanol–water partition coefficient (Wildman–Crippen LogP) is 2.53. The van der Waals surface area contributed by atoms with E-state index in [-0.39, 0.29) is 0 Å². The van der Waals surface area contributed by atoms with E-state index in [4.69, 9.17) is 5.73 Å². The van der Waals surface area contributed by atoms with Gasteiger partial charge in [0.25, 0.3) is 0 Å². The van der Waals surface area contributed by atoms with Crippen LogP contribution in [-0.2, 0) is 12.8 Å². The van der Waals surface area contributed by atoms with E-state index >= 15 is 0 Å². The van der Waals surface area contributed by atoms with Gasteiger partial charge >= 0.3 is 0 Å². The number of rotatable bonds is 3. The zero-order valence-corrected chi connectivity index (χ0v) is 9.21. The van der Waals surface area contributed by atoms with Crippen LogP contribution in [0.15, 0.2) is 24.3 Å². The van der Waals surface area contributed by atoms with Gasteiger partial charge in [-0.3, -0.25) is 0 Å². The average Bonchev–Trinajstić information content (AvgIpc) is 2.91. The molecular weight excluding hydrogens is 182 g/mol. The fourth-order valence-electron chi connectivity index (χ4n) is 3.30. The molecule has 0 spiro atoms. The molecule has 80 valence electrons. The molecule has 0 atom stereocenters. The third-order valence-electron chi connectivity index (χ3n) is 4.45. The van der Waals surface area contributed by atoms with E-state index in [0.29, 0.717) is 5.41 Å². The van der Waals surface area contributed by atoms with Crippen molar-refractivity contribution in [2.24, 2.45) is 17.1 Å². The lowest BCUT2D eigenvalue weighted by Gasteiger charge is -2.21. The monoisotopic (exact) mass is 201 g/mol.